The highest BCUT2D eigenvalue weighted by molar-refractivity contribution is 7.99. The van der Waals surface area contributed by atoms with Crippen LogP contribution in [0.2, 0.25) is 0 Å². The first-order valence-corrected chi connectivity index (χ1v) is 8.58. The highest BCUT2D eigenvalue weighted by Gasteiger charge is 2.09. The molecule has 0 aliphatic carbocycles. The molecular weight excluding hydrogens is 308 g/mol. The molecular formula is C18H18N2O2S. The van der Waals surface area contributed by atoms with Gasteiger partial charge < -0.3 is 4.74 Å². The number of fused-ring (bicyclic) bond motifs is 1. The lowest BCUT2D eigenvalue weighted by molar-refractivity contribution is 0.344. The third kappa shape index (κ3) is 3.56. The number of hydrogen-bond donors (Lipinski definition) is 0. The lowest BCUT2D eigenvalue weighted by Gasteiger charge is -2.11. The molecule has 0 atom stereocenters. The van der Waals surface area contributed by atoms with E-state index in [1.165, 1.54) is 0 Å². The van der Waals surface area contributed by atoms with Crippen molar-refractivity contribution < 1.29 is 4.74 Å². The van der Waals surface area contributed by atoms with Crippen LogP contribution in [0.15, 0.2) is 64.5 Å². The molecule has 3 rings (SSSR count). The van der Waals surface area contributed by atoms with E-state index in [0.717, 1.165) is 22.2 Å². The number of rotatable bonds is 6. The minimum Gasteiger partial charge on any atom is -0.493 e. The van der Waals surface area contributed by atoms with Crippen LogP contribution in [0, 0.1) is 0 Å². The maximum Gasteiger partial charge on any atom is 0.262 e. The van der Waals surface area contributed by atoms with Gasteiger partial charge in [0.15, 0.2) is 5.16 Å². The molecule has 1 aromatic heterocycles. The number of hydrogen-bond acceptors (Lipinski definition) is 4. The number of aromatic nitrogens is 2. The first-order chi connectivity index (χ1) is 11.3. The standard InChI is InChI=1S/C18H18N2O2S/c1-2-20-17(21)15-10-6-7-11-16(15)19-18(20)23-13-12-22-14-8-4-3-5-9-14/h3-11H,2,12-13H2,1H3. The molecule has 0 bridgehead atoms. The Kier molecular flexibility index (Phi) is 4.98. The van der Waals surface area contributed by atoms with Gasteiger partial charge >= 0.3 is 0 Å². The molecule has 23 heavy (non-hydrogen) atoms. The highest BCUT2D eigenvalue weighted by atomic mass is 32.2. The molecule has 0 unspecified atom stereocenters. The second-order valence-electron chi connectivity index (χ2n) is 4.97. The summed E-state index contributed by atoms with van der Waals surface area (Å²) >= 11 is 1.55. The van der Waals surface area contributed by atoms with Gasteiger partial charge in [-0.25, -0.2) is 4.98 Å². The summed E-state index contributed by atoms with van der Waals surface area (Å²) in [5.41, 5.74) is 0.762. The Morgan fingerprint density at radius 1 is 1.09 bits per heavy atom. The molecule has 0 spiro atoms. The van der Waals surface area contributed by atoms with Crippen molar-refractivity contribution in [3.8, 4) is 5.75 Å². The van der Waals surface area contributed by atoms with Gasteiger partial charge in [-0.15, -0.1) is 0 Å². The molecule has 0 aliphatic heterocycles. The number of ether oxygens (including phenoxy) is 1. The van der Waals surface area contributed by atoms with Gasteiger partial charge in [0.05, 0.1) is 17.5 Å². The zero-order chi connectivity index (χ0) is 16.1. The van der Waals surface area contributed by atoms with Crippen LogP contribution in [0.1, 0.15) is 6.92 Å². The van der Waals surface area contributed by atoms with Crippen LogP contribution in [0.25, 0.3) is 10.9 Å². The molecule has 5 heteroatoms. The largest absolute Gasteiger partial charge is 0.493 e. The quantitative estimate of drug-likeness (QED) is 0.394. The average Bonchev–Trinajstić information content (AvgIpc) is 2.60. The van der Waals surface area contributed by atoms with Crippen molar-refractivity contribution in [2.75, 3.05) is 12.4 Å². The monoisotopic (exact) mass is 326 g/mol. The topological polar surface area (TPSA) is 44.1 Å². The van der Waals surface area contributed by atoms with Gasteiger partial charge in [0.2, 0.25) is 0 Å². The summed E-state index contributed by atoms with van der Waals surface area (Å²) in [5.74, 6) is 1.59. The zero-order valence-electron chi connectivity index (χ0n) is 12.9. The Bertz CT molecular complexity index is 847. The summed E-state index contributed by atoms with van der Waals surface area (Å²) in [7, 11) is 0. The van der Waals surface area contributed by atoms with Gasteiger partial charge in [-0.2, -0.15) is 0 Å². The lowest BCUT2D eigenvalue weighted by atomic mass is 10.2. The van der Waals surface area contributed by atoms with Crippen molar-refractivity contribution in [2.45, 2.75) is 18.6 Å². The predicted octanol–water partition coefficient (Wildman–Crippen LogP) is 3.59. The fourth-order valence-corrected chi connectivity index (χ4v) is 3.23. The van der Waals surface area contributed by atoms with E-state index in [2.05, 4.69) is 4.98 Å². The van der Waals surface area contributed by atoms with Crippen LogP contribution in [0.5, 0.6) is 5.75 Å². The smallest absolute Gasteiger partial charge is 0.262 e. The molecule has 0 saturated heterocycles. The first kappa shape index (κ1) is 15.6. The summed E-state index contributed by atoms with van der Waals surface area (Å²) in [6, 6.07) is 17.2. The highest BCUT2D eigenvalue weighted by Crippen LogP contribution is 2.18. The fraction of sp³-hybridized carbons (Fsp3) is 0.222. The molecule has 118 valence electrons. The Morgan fingerprint density at radius 2 is 1.83 bits per heavy atom. The summed E-state index contributed by atoms with van der Waals surface area (Å²) in [6.45, 7) is 3.14. The maximum atomic E-state index is 12.5. The van der Waals surface area contributed by atoms with E-state index in [1.807, 2.05) is 61.5 Å². The van der Waals surface area contributed by atoms with Gasteiger partial charge in [0.25, 0.3) is 5.56 Å². The fourth-order valence-electron chi connectivity index (χ4n) is 2.35. The second-order valence-corrected chi connectivity index (χ2v) is 6.03. The number of thioether (sulfide) groups is 1. The third-order valence-corrected chi connectivity index (χ3v) is 4.41. The van der Waals surface area contributed by atoms with Gasteiger partial charge in [0.1, 0.15) is 5.75 Å². The van der Waals surface area contributed by atoms with Gasteiger partial charge in [-0.1, -0.05) is 42.1 Å². The number of para-hydroxylation sites is 2. The molecule has 0 saturated carbocycles. The van der Waals surface area contributed by atoms with E-state index in [1.54, 1.807) is 16.3 Å². The Balaban J connectivity index is 1.73. The van der Waals surface area contributed by atoms with Crippen LogP contribution < -0.4 is 10.3 Å². The van der Waals surface area contributed by atoms with E-state index >= 15 is 0 Å². The minimum atomic E-state index is 0.0181. The minimum absolute atomic E-state index is 0.0181. The Hall–Kier alpha value is -2.27. The summed E-state index contributed by atoms with van der Waals surface area (Å²) in [5, 5.41) is 1.41. The molecule has 0 N–H and O–H groups in total. The van der Waals surface area contributed by atoms with Crippen molar-refractivity contribution >= 4 is 22.7 Å². The number of benzene rings is 2. The van der Waals surface area contributed by atoms with Crippen molar-refractivity contribution in [3.63, 3.8) is 0 Å². The van der Waals surface area contributed by atoms with Crippen LogP contribution in [-0.4, -0.2) is 21.9 Å². The van der Waals surface area contributed by atoms with E-state index in [0.29, 0.717) is 18.5 Å². The summed E-state index contributed by atoms with van der Waals surface area (Å²) < 4.78 is 7.40. The van der Waals surface area contributed by atoms with Crippen LogP contribution >= 0.6 is 11.8 Å². The molecule has 0 fully saturated rings. The molecule has 3 aromatic rings. The molecule has 4 nitrogen and oxygen atoms in total. The number of nitrogens with zero attached hydrogens (tertiary/aromatic N) is 2. The Morgan fingerprint density at radius 3 is 2.61 bits per heavy atom. The van der Waals surface area contributed by atoms with Gasteiger partial charge in [-0.05, 0) is 31.2 Å². The molecule has 0 radical (unpaired) electrons. The predicted molar refractivity (Wildman–Crippen MR) is 94.3 cm³/mol. The first-order valence-electron chi connectivity index (χ1n) is 7.60. The van der Waals surface area contributed by atoms with Crippen molar-refractivity contribution in [1.29, 1.82) is 0 Å². The molecule has 1 heterocycles. The Labute approximate surface area is 139 Å². The van der Waals surface area contributed by atoms with Gasteiger partial charge in [0, 0.05) is 12.3 Å². The van der Waals surface area contributed by atoms with Gasteiger partial charge in [-0.3, -0.25) is 9.36 Å². The summed E-state index contributed by atoms with van der Waals surface area (Å²) in [4.78, 5) is 17.1. The van der Waals surface area contributed by atoms with Crippen LogP contribution in [-0.2, 0) is 6.54 Å². The summed E-state index contributed by atoms with van der Waals surface area (Å²) in [6.07, 6.45) is 0. The SMILES string of the molecule is CCn1c(SCCOc2ccccc2)nc2ccccc2c1=O. The normalized spacial score (nSPS) is 10.8. The third-order valence-electron chi connectivity index (χ3n) is 3.47. The van der Waals surface area contributed by atoms with E-state index in [9.17, 15) is 4.79 Å². The van der Waals surface area contributed by atoms with E-state index in [-0.39, 0.29) is 5.56 Å². The zero-order valence-corrected chi connectivity index (χ0v) is 13.8. The van der Waals surface area contributed by atoms with Crippen LogP contribution in [0.4, 0.5) is 0 Å². The van der Waals surface area contributed by atoms with E-state index < -0.39 is 0 Å². The molecule has 0 aliphatic rings. The van der Waals surface area contributed by atoms with Crippen molar-refractivity contribution in [3.05, 3.63) is 65.0 Å². The van der Waals surface area contributed by atoms with Crippen molar-refractivity contribution in [2.24, 2.45) is 0 Å². The van der Waals surface area contributed by atoms with Crippen LogP contribution in [0.3, 0.4) is 0 Å². The average molecular weight is 326 g/mol. The second kappa shape index (κ2) is 7.33. The van der Waals surface area contributed by atoms with Crippen molar-refractivity contribution in [1.82, 2.24) is 9.55 Å². The maximum absolute atomic E-state index is 12.5. The molecule has 0 amide bonds. The molecule has 2 aromatic carbocycles. The lowest BCUT2D eigenvalue weighted by Crippen LogP contribution is -2.22. The van der Waals surface area contributed by atoms with E-state index in [4.69, 9.17) is 4.74 Å².